The number of rotatable bonds is 3. The SMILES string of the molecule is CC(C)CNC(=O)C(Br)C#N. The maximum absolute atomic E-state index is 10.9. The fourth-order valence-corrected chi connectivity index (χ4v) is 0.615. The molecule has 0 heterocycles. The zero-order chi connectivity index (χ0) is 8.85. The zero-order valence-corrected chi connectivity index (χ0v) is 8.18. The van der Waals surface area contributed by atoms with Gasteiger partial charge in [-0.1, -0.05) is 29.8 Å². The van der Waals surface area contributed by atoms with E-state index < -0.39 is 4.83 Å². The summed E-state index contributed by atoms with van der Waals surface area (Å²) in [5.74, 6) is 0.151. The Balaban J connectivity index is 3.63. The standard InChI is InChI=1S/C7H11BrN2O/c1-5(2)4-10-7(11)6(8)3-9/h5-6H,4H2,1-2H3,(H,10,11). The molecule has 62 valence electrons. The Morgan fingerprint density at radius 2 is 2.27 bits per heavy atom. The first-order valence-electron chi connectivity index (χ1n) is 3.39. The van der Waals surface area contributed by atoms with Crippen LogP contribution in [0.5, 0.6) is 0 Å². The lowest BCUT2D eigenvalue weighted by Gasteiger charge is -2.06. The molecule has 0 aromatic rings. The van der Waals surface area contributed by atoms with Crippen molar-refractivity contribution >= 4 is 21.8 Å². The van der Waals surface area contributed by atoms with Crippen LogP contribution in [0.25, 0.3) is 0 Å². The van der Waals surface area contributed by atoms with Crippen LogP contribution in [0, 0.1) is 17.2 Å². The Labute approximate surface area is 74.9 Å². The van der Waals surface area contributed by atoms with Crippen LogP contribution in [-0.2, 0) is 4.79 Å². The minimum atomic E-state index is -0.721. The summed E-state index contributed by atoms with van der Waals surface area (Å²) in [4.78, 5) is 10.2. The molecule has 0 fully saturated rings. The molecule has 0 aliphatic carbocycles. The van der Waals surface area contributed by atoms with E-state index in [1.54, 1.807) is 6.07 Å². The predicted molar refractivity (Wildman–Crippen MR) is 46.2 cm³/mol. The maximum atomic E-state index is 10.9. The highest BCUT2D eigenvalue weighted by Gasteiger charge is 2.12. The van der Waals surface area contributed by atoms with Crippen LogP contribution in [-0.4, -0.2) is 17.3 Å². The lowest BCUT2D eigenvalue weighted by Crippen LogP contribution is -2.32. The molecule has 1 N–H and O–H groups in total. The second-order valence-electron chi connectivity index (χ2n) is 2.63. The van der Waals surface area contributed by atoms with Crippen molar-refractivity contribution in [2.24, 2.45) is 5.92 Å². The molecule has 1 atom stereocenters. The maximum Gasteiger partial charge on any atom is 0.248 e. The van der Waals surface area contributed by atoms with Crippen LogP contribution in [0.2, 0.25) is 0 Å². The zero-order valence-electron chi connectivity index (χ0n) is 6.60. The van der Waals surface area contributed by atoms with Crippen LogP contribution in [0.3, 0.4) is 0 Å². The molecule has 3 nitrogen and oxygen atoms in total. The van der Waals surface area contributed by atoms with Gasteiger partial charge in [0.15, 0.2) is 4.83 Å². The minimum Gasteiger partial charge on any atom is -0.354 e. The van der Waals surface area contributed by atoms with Gasteiger partial charge in [-0.05, 0) is 5.92 Å². The number of halogens is 1. The van der Waals surface area contributed by atoms with Crippen LogP contribution >= 0.6 is 15.9 Å². The number of amides is 1. The van der Waals surface area contributed by atoms with Gasteiger partial charge in [-0.2, -0.15) is 5.26 Å². The molecular formula is C7H11BrN2O. The van der Waals surface area contributed by atoms with E-state index in [-0.39, 0.29) is 5.91 Å². The molecule has 0 aliphatic heterocycles. The molecule has 0 saturated carbocycles. The molecule has 4 heteroatoms. The van der Waals surface area contributed by atoms with Crippen LogP contribution < -0.4 is 5.32 Å². The topological polar surface area (TPSA) is 52.9 Å². The Kier molecular flexibility index (Phi) is 4.88. The molecule has 0 bridgehead atoms. The molecule has 0 aliphatic rings. The highest BCUT2D eigenvalue weighted by Crippen LogP contribution is 1.97. The number of carbonyl (C=O) groups excluding carboxylic acids is 1. The molecule has 1 amide bonds. The summed E-state index contributed by atoms with van der Waals surface area (Å²) in [6, 6.07) is 1.79. The summed E-state index contributed by atoms with van der Waals surface area (Å²) >= 11 is 2.92. The molecule has 0 spiro atoms. The molecule has 0 aromatic heterocycles. The van der Waals surface area contributed by atoms with Crippen molar-refractivity contribution in [1.82, 2.24) is 5.32 Å². The van der Waals surface area contributed by atoms with Crippen LogP contribution in [0.1, 0.15) is 13.8 Å². The quantitative estimate of drug-likeness (QED) is 0.721. The number of hydrogen-bond acceptors (Lipinski definition) is 2. The molecule has 0 saturated heterocycles. The summed E-state index contributed by atoms with van der Waals surface area (Å²) in [7, 11) is 0. The third kappa shape index (κ3) is 4.79. The van der Waals surface area contributed by atoms with Crippen molar-refractivity contribution in [1.29, 1.82) is 5.26 Å². The number of hydrogen-bond donors (Lipinski definition) is 1. The number of alkyl halides is 1. The van der Waals surface area contributed by atoms with Crippen molar-refractivity contribution in [2.75, 3.05) is 6.54 Å². The van der Waals surface area contributed by atoms with E-state index in [0.29, 0.717) is 12.5 Å². The molecular weight excluding hydrogens is 208 g/mol. The summed E-state index contributed by atoms with van der Waals surface area (Å²) in [5, 5.41) is 10.9. The Bertz CT molecular complexity index is 174. The van der Waals surface area contributed by atoms with Gasteiger partial charge in [0, 0.05) is 6.54 Å². The smallest absolute Gasteiger partial charge is 0.248 e. The van der Waals surface area contributed by atoms with E-state index in [1.807, 2.05) is 13.8 Å². The van der Waals surface area contributed by atoms with Gasteiger partial charge in [-0.3, -0.25) is 4.79 Å². The molecule has 0 rings (SSSR count). The van der Waals surface area contributed by atoms with E-state index in [9.17, 15) is 4.79 Å². The number of nitrogens with one attached hydrogen (secondary N) is 1. The van der Waals surface area contributed by atoms with Crippen molar-refractivity contribution in [3.63, 3.8) is 0 Å². The summed E-state index contributed by atoms with van der Waals surface area (Å²) in [6.45, 7) is 4.61. The van der Waals surface area contributed by atoms with E-state index >= 15 is 0 Å². The van der Waals surface area contributed by atoms with Crippen molar-refractivity contribution in [3.05, 3.63) is 0 Å². The monoisotopic (exact) mass is 218 g/mol. The van der Waals surface area contributed by atoms with Crippen LogP contribution in [0.4, 0.5) is 0 Å². The fourth-order valence-electron chi connectivity index (χ4n) is 0.453. The van der Waals surface area contributed by atoms with Crippen molar-refractivity contribution in [2.45, 2.75) is 18.7 Å². The van der Waals surface area contributed by atoms with Gasteiger partial charge in [0.1, 0.15) is 0 Å². The predicted octanol–water partition coefficient (Wildman–Crippen LogP) is 1.05. The first kappa shape index (κ1) is 10.4. The molecule has 0 aromatic carbocycles. The Morgan fingerprint density at radius 3 is 2.64 bits per heavy atom. The first-order valence-corrected chi connectivity index (χ1v) is 4.31. The number of nitriles is 1. The average molecular weight is 219 g/mol. The first-order chi connectivity index (χ1) is 5.07. The van der Waals surface area contributed by atoms with Crippen LogP contribution in [0.15, 0.2) is 0 Å². The lowest BCUT2D eigenvalue weighted by molar-refractivity contribution is -0.119. The van der Waals surface area contributed by atoms with Gasteiger partial charge < -0.3 is 5.32 Å². The Hall–Kier alpha value is -0.560. The third-order valence-corrected chi connectivity index (χ3v) is 1.65. The largest absolute Gasteiger partial charge is 0.354 e. The Morgan fingerprint density at radius 1 is 1.73 bits per heavy atom. The summed E-state index contributed by atoms with van der Waals surface area (Å²) in [6.07, 6.45) is 0. The van der Waals surface area contributed by atoms with E-state index in [1.165, 1.54) is 0 Å². The van der Waals surface area contributed by atoms with E-state index in [0.717, 1.165) is 0 Å². The second kappa shape index (κ2) is 5.14. The third-order valence-electron chi connectivity index (χ3n) is 1.03. The number of carbonyl (C=O) groups is 1. The highest BCUT2D eigenvalue weighted by molar-refractivity contribution is 9.10. The van der Waals surface area contributed by atoms with Gasteiger partial charge in [0.05, 0.1) is 6.07 Å². The second-order valence-corrected chi connectivity index (χ2v) is 3.55. The normalized spacial score (nSPS) is 12.3. The van der Waals surface area contributed by atoms with E-state index in [4.69, 9.17) is 5.26 Å². The summed E-state index contributed by atoms with van der Waals surface area (Å²) in [5.41, 5.74) is 0. The van der Waals surface area contributed by atoms with Gasteiger partial charge in [0.2, 0.25) is 5.91 Å². The molecule has 1 unspecified atom stereocenters. The fraction of sp³-hybridized carbons (Fsp3) is 0.714. The highest BCUT2D eigenvalue weighted by atomic mass is 79.9. The number of nitrogens with zero attached hydrogens (tertiary/aromatic N) is 1. The van der Waals surface area contributed by atoms with Gasteiger partial charge in [-0.15, -0.1) is 0 Å². The van der Waals surface area contributed by atoms with Gasteiger partial charge >= 0.3 is 0 Å². The molecule has 11 heavy (non-hydrogen) atoms. The van der Waals surface area contributed by atoms with E-state index in [2.05, 4.69) is 21.2 Å². The minimum absolute atomic E-state index is 0.263. The van der Waals surface area contributed by atoms with Crippen molar-refractivity contribution in [3.8, 4) is 6.07 Å². The molecule has 0 radical (unpaired) electrons. The lowest BCUT2D eigenvalue weighted by atomic mass is 10.2. The van der Waals surface area contributed by atoms with Crippen molar-refractivity contribution < 1.29 is 4.79 Å². The van der Waals surface area contributed by atoms with Gasteiger partial charge in [-0.25, -0.2) is 0 Å². The summed E-state index contributed by atoms with van der Waals surface area (Å²) < 4.78 is 0. The van der Waals surface area contributed by atoms with Gasteiger partial charge in [0.25, 0.3) is 0 Å². The average Bonchev–Trinajstić information content (AvgIpc) is 1.98.